The van der Waals surface area contributed by atoms with Crippen molar-refractivity contribution in [3.8, 4) is 0 Å². The van der Waals surface area contributed by atoms with Crippen LogP contribution in [0.15, 0.2) is 42.7 Å². The molecule has 2 aromatic rings. The second-order valence-electron chi connectivity index (χ2n) is 6.43. The topological polar surface area (TPSA) is 79.4 Å². The second-order valence-corrected chi connectivity index (χ2v) is 8.29. The van der Waals surface area contributed by atoms with Gasteiger partial charge in [0, 0.05) is 24.0 Å². The Kier molecular flexibility index (Phi) is 4.51. The maximum Gasteiger partial charge on any atom is 0.251 e. The fourth-order valence-corrected chi connectivity index (χ4v) is 4.53. The first-order valence-corrected chi connectivity index (χ1v) is 9.95. The van der Waals surface area contributed by atoms with Gasteiger partial charge in [-0.3, -0.25) is 14.1 Å². The van der Waals surface area contributed by atoms with E-state index in [1.807, 2.05) is 26.0 Å². The summed E-state index contributed by atoms with van der Waals surface area (Å²) < 4.78 is 25.4. The van der Waals surface area contributed by atoms with Crippen molar-refractivity contribution in [3.05, 3.63) is 59.4 Å². The van der Waals surface area contributed by atoms with Crippen LogP contribution in [-0.4, -0.2) is 31.6 Å². The Labute approximate surface area is 147 Å². The number of pyridine rings is 1. The van der Waals surface area contributed by atoms with Crippen LogP contribution < -0.4 is 9.62 Å². The normalized spacial score (nSPS) is 17.9. The van der Waals surface area contributed by atoms with Gasteiger partial charge in [-0.15, -0.1) is 0 Å². The molecular formula is C18H21N3O3S. The van der Waals surface area contributed by atoms with Gasteiger partial charge < -0.3 is 5.32 Å². The van der Waals surface area contributed by atoms with Gasteiger partial charge in [0.25, 0.3) is 5.91 Å². The highest BCUT2D eigenvalue weighted by molar-refractivity contribution is 7.92. The minimum atomic E-state index is -3.33. The third kappa shape index (κ3) is 3.51. The summed E-state index contributed by atoms with van der Waals surface area (Å²) in [5, 5.41) is 2.96. The lowest BCUT2D eigenvalue weighted by Crippen LogP contribution is -2.34. The highest BCUT2D eigenvalue weighted by atomic mass is 32.2. The third-order valence-corrected chi connectivity index (χ3v) is 5.68. The van der Waals surface area contributed by atoms with Crippen LogP contribution in [0.4, 0.5) is 5.69 Å². The molecule has 3 rings (SSSR count). The zero-order valence-electron chi connectivity index (χ0n) is 14.4. The Balaban J connectivity index is 1.81. The SMILES string of the molecule is C[C@@H]1Cc2cc(C(=O)N[C@H](C)c3ccncc3)ccc2N1S(C)(=O)=O. The summed E-state index contributed by atoms with van der Waals surface area (Å²) in [5.74, 6) is -0.183. The number of fused-ring (bicyclic) bond motifs is 1. The summed E-state index contributed by atoms with van der Waals surface area (Å²) in [6.07, 6.45) is 5.18. The first-order valence-electron chi connectivity index (χ1n) is 8.10. The van der Waals surface area contributed by atoms with Crippen molar-refractivity contribution in [3.63, 3.8) is 0 Å². The van der Waals surface area contributed by atoms with Crippen LogP contribution in [0.25, 0.3) is 0 Å². The minimum Gasteiger partial charge on any atom is -0.346 e. The molecule has 1 aromatic heterocycles. The van der Waals surface area contributed by atoms with Crippen molar-refractivity contribution in [1.82, 2.24) is 10.3 Å². The largest absolute Gasteiger partial charge is 0.346 e. The molecule has 0 bridgehead atoms. The molecule has 0 radical (unpaired) electrons. The van der Waals surface area contributed by atoms with Crippen molar-refractivity contribution in [1.29, 1.82) is 0 Å². The fraction of sp³-hybridized carbons (Fsp3) is 0.333. The van der Waals surface area contributed by atoms with E-state index in [-0.39, 0.29) is 18.0 Å². The van der Waals surface area contributed by atoms with E-state index in [4.69, 9.17) is 0 Å². The maximum absolute atomic E-state index is 12.5. The predicted octanol–water partition coefficient (Wildman–Crippen LogP) is 2.28. The van der Waals surface area contributed by atoms with Crippen LogP contribution in [0, 0.1) is 0 Å². The monoisotopic (exact) mass is 359 g/mol. The second kappa shape index (κ2) is 6.48. The van der Waals surface area contributed by atoms with Crippen molar-refractivity contribution in [2.75, 3.05) is 10.6 Å². The summed E-state index contributed by atoms with van der Waals surface area (Å²) in [6.45, 7) is 3.78. The standard InChI is InChI=1S/C18H21N3O3S/c1-12-10-16-11-15(4-5-17(16)21(12)25(3,23)24)18(22)20-13(2)14-6-8-19-9-7-14/h4-9,11-13H,10H2,1-3H3,(H,20,22)/t12-,13-/m1/s1. The molecule has 0 unspecified atom stereocenters. The molecule has 25 heavy (non-hydrogen) atoms. The summed E-state index contributed by atoms with van der Waals surface area (Å²) in [4.78, 5) is 16.5. The number of nitrogens with one attached hydrogen (secondary N) is 1. The zero-order chi connectivity index (χ0) is 18.2. The van der Waals surface area contributed by atoms with Gasteiger partial charge in [0.15, 0.2) is 0 Å². The number of carbonyl (C=O) groups is 1. The van der Waals surface area contributed by atoms with Crippen LogP contribution in [0.5, 0.6) is 0 Å². The van der Waals surface area contributed by atoms with E-state index in [2.05, 4.69) is 10.3 Å². The first-order chi connectivity index (χ1) is 11.8. The molecule has 2 atom stereocenters. The van der Waals surface area contributed by atoms with E-state index in [0.717, 1.165) is 11.1 Å². The predicted molar refractivity (Wildman–Crippen MR) is 97.0 cm³/mol. The highest BCUT2D eigenvalue weighted by Gasteiger charge is 2.32. The van der Waals surface area contributed by atoms with Crippen molar-refractivity contribution < 1.29 is 13.2 Å². The minimum absolute atomic E-state index is 0.140. The summed E-state index contributed by atoms with van der Waals surface area (Å²) in [7, 11) is -3.33. The molecule has 1 N–H and O–H groups in total. The van der Waals surface area contributed by atoms with Crippen LogP contribution in [0.1, 0.15) is 41.4 Å². The van der Waals surface area contributed by atoms with Gasteiger partial charge in [-0.2, -0.15) is 0 Å². The molecule has 0 saturated carbocycles. The van der Waals surface area contributed by atoms with Gasteiger partial charge in [-0.1, -0.05) is 0 Å². The molecule has 132 valence electrons. The molecule has 6 nitrogen and oxygen atoms in total. The number of hydrogen-bond acceptors (Lipinski definition) is 4. The van der Waals surface area contributed by atoms with E-state index in [1.165, 1.54) is 10.6 Å². The summed E-state index contributed by atoms with van der Waals surface area (Å²) in [6, 6.07) is 8.61. The lowest BCUT2D eigenvalue weighted by molar-refractivity contribution is 0.0940. The van der Waals surface area contributed by atoms with Gasteiger partial charge in [0.1, 0.15) is 0 Å². The Morgan fingerprint density at radius 3 is 2.60 bits per heavy atom. The summed E-state index contributed by atoms with van der Waals surface area (Å²) >= 11 is 0. The van der Waals surface area contributed by atoms with Crippen LogP contribution in [0.3, 0.4) is 0 Å². The van der Waals surface area contributed by atoms with E-state index in [0.29, 0.717) is 17.7 Å². The number of sulfonamides is 1. The van der Waals surface area contributed by atoms with E-state index in [9.17, 15) is 13.2 Å². The van der Waals surface area contributed by atoms with Crippen molar-refractivity contribution >= 4 is 21.6 Å². The van der Waals surface area contributed by atoms with Crippen LogP contribution >= 0.6 is 0 Å². The van der Waals surface area contributed by atoms with Gasteiger partial charge in [-0.05, 0) is 61.7 Å². The van der Waals surface area contributed by atoms with E-state index < -0.39 is 10.0 Å². The molecule has 1 amide bonds. The average molecular weight is 359 g/mol. The summed E-state index contributed by atoms with van der Waals surface area (Å²) in [5.41, 5.74) is 3.04. The number of anilines is 1. The molecule has 1 aliphatic heterocycles. The number of carbonyl (C=O) groups excluding carboxylic acids is 1. The Hall–Kier alpha value is -2.41. The molecule has 0 spiro atoms. The average Bonchev–Trinajstić information content (AvgIpc) is 2.90. The molecule has 0 fully saturated rings. The third-order valence-electron chi connectivity index (χ3n) is 4.41. The fourth-order valence-electron chi connectivity index (χ4n) is 3.26. The molecule has 0 aliphatic carbocycles. The van der Waals surface area contributed by atoms with E-state index >= 15 is 0 Å². The number of aromatic nitrogens is 1. The molecule has 2 heterocycles. The molecule has 1 aromatic carbocycles. The number of amides is 1. The number of benzene rings is 1. The maximum atomic E-state index is 12.5. The van der Waals surface area contributed by atoms with Gasteiger partial charge in [-0.25, -0.2) is 8.42 Å². The Morgan fingerprint density at radius 1 is 1.28 bits per heavy atom. The molecule has 7 heteroatoms. The lowest BCUT2D eigenvalue weighted by Gasteiger charge is -2.22. The van der Waals surface area contributed by atoms with Crippen LogP contribution in [0.2, 0.25) is 0 Å². The first kappa shape index (κ1) is 17.4. The highest BCUT2D eigenvalue weighted by Crippen LogP contribution is 2.34. The lowest BCUT2D eigenvalue weighted by atomic mass is 10.1. The number of hydrogen-bond donors (Lipinski definition) is 1. The van der Waals surface area contributed by atoms with E-state index in [1.54, 1.807) is 30.6 Å². The Bertz CT molecular complexity index is 897. The molecule has 1 aliphatic rings. The molecular weight excluding hydrogens is 338 g/mol. The quantitative estimate of drug-likeness (QED) is 0.908. The Morgan fingerprint density at radius 2 is 1.96 bits per heavy atom. The zero-order valence-corrected chi connectivity index (χ0v) is 15.2. The number of rotatable bonds is 4. The van der Waals surface area contributed by atoms with Crippen LogP contribution in [-0.2, 0) is 16.4 Å². The number of nitrogens with zero attached hydrogens (tertiary/aromatic N) is 2. The van der Waals surface area contributed by atoms with Crippen molar-refractivity contribution in [2.24, 2.45) is 0 Å². The van der Waals surface area contributed by atoms with Gasteiger partial charge >= 0.3 is 0 Å². The van der Waals surface area contributed by atoms with Crippen molar-refractivity contribution in [2.45, 2.75) is 32.4 Å². The smallest absolute Gasteiger partial charge is 0.251 e. The van der Waals surface area contributed by atoms with Gasteiger partial charge in [0.2, 0.25) is 10.0 Å². The van der Waals surface area contributed by atoms with Gasteiger partial charge in [0.05, 0.1) is 18.0 Å². The molecule has 0 saturated heterocycles.